The molecular formula is C8H11N5O3. The number of amides is 3. The SMILES string of the molecule is O=C1NC(=O)[C@@H](Cc2cn(CCO)nn2)N1. The lowest BCUT2D eigenvalue weighted by molar-refractivity contribution is -0.120. The van der Waals surface area contributed by atoms with E-state index in [-0.39, 0.29) is 12.5 Å². The quantitative estimate of drug-likeness (QED) is 0.514. The second-order valence-corrected chi connectivity index (χ2v) is 3.42. The van der Waals surface area contributed by atoms with Crippen LogP contribution in [0.25, 0.3) is 0 Å². The smallest absolute Gasteiger partial charge is 0.322 e. The van der Waals surface area contributed by atoms with Gasteiger partial charge < -0.3 is 10.4 Å². The number of nitrogens with one attached hydrogen (secondary N) is 2. The summed E-state index contributed by atoms with van der Waals surface area (Å²) >= 11 is 0. The van der Waals surface area contributed by atoms with Gasteiger partial charge in [-0.15, -0.1) is 5.10 Å². The summed E-state index contributed by atoms with van der Waals surface area (Å²) in [6.45, 7) is 0.333. The summed E-state index contributed by atoms with van der Waals surface area (Å²) in [7, 11) is 0. The molecule has 86 valence electrons. The number of hydrogen-bond acceptors (Lipinski definition) is 5. The zero-order valence-corrected chi connectivity index (χ0v) is 8.38. The summed E-state index contributed by atoms with van der Waals surface area (Å²) in [4.78, 5) is 22.1. The minimum atomic E-state index is -0.591. The molecule has 1 aliphatic heterocycles. The predicted octanol–water partition coefficient (Wildman–Crippen LogP) is -1.98. The Hall–Kier alpha value is -1.96. The van der Waals surface area contributed by atoms with Crippen LogP contribution in [-0.4, -0.2) is 44.7 Å². The fourth-order valence-electron chi connectivity index (χ4n) is 1.46. The molecule has 1 saturated heterocycles. The highest BCUT2D eigenvalue weighted by atomic mass is 16.3. The molecule has 1 fully saturated rings. The molecule has 8 heteroatoms. The van der Waals surface area contributed by atoms with Crippen molar-refractivity contribution in [1.82, 2.24) is 25.6 Å². The number of imide groups is 1. The Morgan fingerprint density at radius 1 is 1.50 bits per heavy atom. The van der Waals surface area contributed by atoms with Crippen LogP contribution >= 0.6 is 0 Å². The third-order valence-corrected chi connectivity index (χ3v) is 2.19. The molecule has 3 amide bonds. The molecule has 0 unspecified atom stereocenters. The predicted molar refractivity (Wildman–Crippen MR) is 51.3 cm³/mol. The lowest BCUT2D eigenvalue weighted by Crippen LogP contribution is -2.31. The van der Waals surface area contributed by atoms with Crippen molar-refractivity contribution < 1.29 is 14.7 Å². The van der Waals surface area contributed by atoms with E-state index >= 15 is 0 Å². The lowest BCUT2D eigenvalue weighted by Gasteiger charge is -2.02. The number of carbonyl (C=O) groups is 2. The van der Waals surface area contributed by atoms with E-state index in [2.05, 4.69) is 20.9 Å². The third-order valence-electron chi connectivity index (χ3n) is 2.19. The summed E-state index contributed by atoms with van der Waals surface area (Å²) in [6, 6.07) is -1.08. The molecule has 2 heterocycles. The Bertz CT molecular complexity index is 416. The maximum atomic E-state index is 11.2. The van der Waals surface area contributed by atoms with Crippen LogP contribution in [0.4, 0.5) is 4.79 Å². The van der Waals surface area contributed by atoms with Gasteiger partial charge >= 0.3 is 6.03 Å². The Morgan fingerprint density at radius 3 is 2.94 bits per heavy atom. The van der Waals surface area contributed by atoms with Gasteiger partial charge in [0.1, 0.15) is 6.04 Å². The monoisotopic (exact) mass is 225 g/mol. The molecule has 0 aromatic carbocycles. The minimum Gasteiger partial charge on any atom is -0.394 e. The van der Waals surface area contributed by atoms with Gasteiger partial charge in [-0.25, -0.2) is 9.48 Å². The first-order valence-corrected chi connectivity index (χ1v) is 4.80. The number of aromatic nitrogens is 3. The first-order chi connectivity index (χ1) is 7.69. The van der Waals surface area contributed by atoms with Crippen molar-refractivity contribution in [1.29, 1.82) is 0 Å². The summed E-state index contributed by atoms with van der Waals surface area (Å²) in [6.07, 6.45) is 1.93. The standard InChI is InChI=1S/C8H11N5O3/c14-2-1-13-4-5(11-12-13)3-6-7(15)10-8(16)9-6/h4,6,14H,1-3H2,(H2,9,10,15,16)/t6-/m1/s1. The molecule has 16 heavy (non-hydrogen) atoms. The minimum absolute atomic E-state index is 0.0244. The molecule has 3 N–H and O–H groups in total. The van der Waals surface area contributed by atoms with E-state index in [1.807, 2.05) is 0 Å². The molecule has 0 spiro atoms. The van der Waals surface area contributed by atoms with Gasteiger partial charge in [0, 0.05) is 12.6 Å². The van der Waals surface area contributed by atoms with Gasteiger partial charge in [0.25, 0.3) is 5.91 Å². The number of carbonyl (C=O) groups excluding carboxylic acids is 2. The fourth-order valence-corrected chi connectivity index (χ4v) is 1.46. The van der Waals surface area contributed by atoms with Crippen LogP contribution in [0.2, 0.25) is 0 Å². The highest BCUT2D eigenvalue weighted by Crippen LogP contribution is 2.02. The van der Waals surface area contributed by atoms with E-state index in [0.717, 1.165) is 0 Å². The third kappa shape index (κ3) is 2.16. The van der Waals surface area contributed by atoms with Gasteiger partial charge in [0.2, 0.25) is 0 Å². The van der Waals surface area contributed by atoms with Gasteiger partial charge in [-0.05, 0) is 0 Å². The zero-order valence-electron chi connectivity index (χ0n) is 8.38. The average molecular weight is 225 g/mol. The molecule has 0 radical (unpaired) electrons. The van der Waals surface area contributed by atoms with Crippen LogP contribution in [0.1, 0.15) is 5.69 Å². The Kier molecular flexibility index (Phi) is 2.82. The van der Waals surface area contributed by atoms with E-state index in [1.165, 1.54) is 4.68 Å². The van der Waals surface area contributed by atoms with Gasteiger partial charge in [-0.3, -0.25) is 10.1 Å². The van der Waals surface area contributed by atoms with Crippen molar-refractivity contribution in [3.8, 4) is 0 Å². The van der Waals surface area contributed by atoms with Crippen LogP contribution in [-0.2, 0) is 17.8 Å². The molecule has 0 aliphatic carbocycles. The van der Waals surface area contributed by atoms with Crippen molar-refractivity contribution in [3.05, 3.63) is 11.9 Å². The van der Waals surface area contributed by atoms with Crippen molar-refractivity contribution in [3.63, 3.8) is 0 Å². The van der Waals surface area contributed by atoms with E-state index in [1.54, 1.807) is 6.20 Å². The van der Waals surface area contributed by atoms with E-state index < -0.39 is 12.1 Å². The van der Waals surface area contributed by atoms with E-state index in [0.29, 0.717) is 18.7 Å². The lowest BCUT2D eigenvalue weighted by atomic mass is 10.2. The molecule has 2 rings (SSSR count). The maximum Gasteiger partial charge on any atom is 0.322 e. The van der Waals surface area contributed by atoms with Crippen LogP contribution in [0, 0.1) is 0 Å². The number of hydrogen-bond donors (Lipinski definition) is 3. The normalized spacial score (nSPS) is 19.7. The largest absolute Gasteiger partial charge is 0.394 e. The fraction of sp³-hybridized carbons (Fsp3) is 0.500. The maximum absolute atomic E-state index is 11.2. The van der Waals surface area contributed by atoms with Crippen molar-refractivity contribution in [2.24, 2.45) is 0 Å². The highest BCUT2D eigenvalue weighted by molar-refractivity contribution is 6.04. The first-order valence-electron chi connectivity index (χ1n) is 4.80. The van der Waals surface area contributed by atoms with Gasteiger partial charge in [0.05, 0.1) is 18.8 Å². The molecule has 1 aromatic rings. The van der Waals surface area contributed by atoms with Gasteiger partial charge in [-0.2, -0.15) is 0 Å². The average Bonchev–Trinajstić information content (AvgIpc) is 2.76. The van der Waals surface area contributed by atoms with Crippen LogP contribution < -0.4 is 10.6 Å². The Balaban J connectivity index is 1.98. The van der Waals surface area contributed by atoms with Gasteiger partial charge in [0.15, 0.2) is 0 Å². The zero-order chi connectivity index (χ0) is 11.5. The number of rotatable bonds is 4. The van der Waals surface area contributed by atoms with E-state index in [9.17, 15) is 9.59 Å². The molecule has 0 bridgehead atoms. The molecule has 1 aliphatic rings. The number of nitrogens with zero attached hydrogens (tertiary/aromatic N) is 3. The van der Waals surface area contributed by atoms with Crippen molar-refractivity contribution in [2.75, 3.05) is 6.61 Å². The summed E-state index contributed by atoms with van der Waals surface area (Å²) in [5.41, 5.74) is 0.593. The van der Waals surface area contributed by atoms with E-state index in [4.69, 9.17) is 5.11 Å². The number of aliphatic hydroxyl groups excluding tert-OH is 1. The molecule has 1 atom stereocenters. The van der Waals surface area contributed by atoms with Crippen LogP contribution in [0.5, 0.6) is 0 Å². The Labute approximate surface area is 90.6 Å². The summed E-state index contributed by atoms with van der Waals surface area (Å²) in [5, 5.41) is 20.9. The van der Waals surface area contributed by atoms with Crippen molar-refractivity contribution >= 4 is 11.9 Å². The Morgan fingerprint density at radius 2 is 2.31 bits per heavy atom. The molecule has 0 saturated carbocycles. The summed E-state index contributed by atoms with van der Waals surface area (Å²) < 4.78 is 1.48. The number of aliphatic hydroxyl groups is 1. The van der Waals surface area contributed by atoms with Crippen LogP contribution in [0.3, 0.4) is 0 Å². The van der Waals surface area contributed by atoms with Crippen molar-refractivity contribution in [2.45, 2.75) is 19.0 Å². The first kappa shape index (κ1) is 10.6. The number of urea groups is 1. The topological polar surface area (TPSA) is 109 Å². The second kappa shape index (κ2) is 4.27. The highest BCUT2D eigenvalue weighted by Gasteiger charge is 2.30. The van der Waals surface area contributed by atoms with Gasteiger partial charge in [-0.1, -0.05) is 5.21 Å². The molecule has 8 nitrogen and oxygen atoms in total. The van der Waals surface area contributed by atoms with Crippen LogP contribution in [0.15, 0.2) is 6.20 Å². The molecule has 1 aromatic heterocycles. The second-order valence-electron chi connectivity index (χ2n) is 3.42. The molecular weight excluding hydrogens is 214 g/mol. The summed E-state index contributed by atoms with van der Waals surface area (Å²) in [5.74, 6) is -0.360.